The third-order valence-electron chi connectivity index (χ3n) is 4.03. The summed E-state index contributed by atoms with van der Waals surface area (Å²) in [4.78, 5) is 0. The molecule has 1 unspecified atom stereocenters. The molecular formula is C22H30O. The summed E-state index contributed by atoms with van der Waals surface area (Å²) < 4.78 is 5.84. The summed E-state index contributed by atoms with van der Waals surface area (Å²) in [5, 5.41) is 0. The Bertz CT molecular complexity index is 579. The van der Waals surface area contributed by atoms with Crippen molar-refractivity contribution in [1.82, 2.24) is 0 Å². The van der Waals surface area contributed by atoms with E-state index < -0.39 is 0 Å². The number of allylic oxidation sites excluding steroid dienone is 10. The number of hydrogen-bond donors (Lipinski definition) is 0. The van der Waals surface area contributed by atoms with Gasteiger partial charge in [-0.2, -0.15) is 0 Å². The lowest BCUT2D eigenvalue weighted by atomic mass is 9.91. The lowest BCUT2D eigenvalue weighted by Gasteiger charge is -2.17. The predicted octanol–water partition coefficient (Wildman–Crippen LogP) is 6.45. The molecular weight excluding hydrogens is 280 g/mol. The standard InChI is InChI=1S/C22H30O/c1-7-11-14-20-17(5)22(16-19(20)10-4)21(13-9-3)18(6)23-15-12-8-2/h7,9-11,13-14,16-17H,3,6,8,12,15H2,1-2,4-5H3/b11-7-,19-10-,20-14+,21-13-. The van der Waals surface area contributed by atoms with Gasteiger partial charge in [0.1, 0.15) is 5.76 Å². The molecule has 0 aromatic rings. The Kier molecular flexibility index (Phi) is 8.18. The van der Waals surface area contributed by atoms with Crippen LogP contribution < -0.4 is 0 Å². The molecule has 0 saturated heterocycles. The molecule has 1 aliphatic carbocycles. The summed E-state index contributed by atoms with van der Waals surface area (Å²) in [6.07, 6.45) is 16.7. The van der Waals surface area contributed by atoms with Crippen LogP contribution in [-0.2, 0) is 4.74 Å². The molecule has 0 bridgehead atoms. The molecule has 0 amide bonds. The highest BCUT2D eigenvalue weighted by molar-refractivity contribution is 5.61. The Morgan fingerprint density at radius 2 is 2.09 bits per heavy atom. The summed E-state index contributed by atoms with van der Waals surface area (Å²) in [5.41, 5.74) is 4.89. The minimum absolute atomic E-state index is 0.315. The zero-order chi connectivity index (χ0) is 17.2. The van der Waals surface area contributed by atoms with Crippen LogP contribution in [0.5, 0.6) is 0 Å². The van der Waals surface area contributed by atoms with Crippen molar-refractivity contribution in [2.24, 2.45) is 5.92 Å². The Morgan fingerprint density at radius 1 is 1.35 bits per heavy atom. The van der Waals surface area contributed by atoms with E-state index in [-0.39, 0.29) is 0 Å². The van der Waals surface area contributed by atoms with Crippen LogP contribution in [0.15, 0.2) is 83.7 Å². The molecule has 0 spiro atoms. The highest BCUT2D eigenvalue weighted by Crippen LogP contribution is 2.41. The SMILES string of the molecule is C=C/C=C(/C(=C)OCCCC)C1=CC(=C/C)/C(=C/C=C\C)C1C. The van der Waals surface area contributed by atoms with Crippen LogP contribution in [0.4, 0.5) is 0 Å². The smallest absolute Gasteiger partial charge is 0.119 e. The van der Waals surface area contributed by atoms with E-state index in [9.17, 15) is 0 Å². The maximum absolute atomic E-state index is 5.84. The van der Waals surface area contributed by atoms with Crippen LogP contribution >= 0.6 is 0 Å². The van der Waals surface area contributed by atoms with E-state index in [1.165, 1.54) is 16.7 Å². The van der Waals surface area contributed by atoms with Gasteiger partial charge in [0.2, 0.25) is 0 Å². The second-order valence-corrected chi connectivity index (χ2v) is 5.65. The molecule has 0 radical (unpaired) electrons. The molecule has 0 N–H and O–H groups in total. The molecule has 1 atom stereocenters. The minimum Gasteiger partial charge on any atom is -0.494 e. The molecule has 0 heterocycles. The maximum atomic E-state index is 5.84. The van der Waals surface area contributed by atoms with E-state index in [2.05, 4.69) is 64.3 Å². The van der Waals surface area contributed by atoms with Crippen LogP contribution in [0.2, 0.25) is 0 Å². The fourth-order valence-electron chi connectivity index (χ4n) is 2.68. The Labute approximate surface area is 142 Å². The number of rotatable bonds is 8. The topological polar surface area (TPSA) is 9.23 Å². The van der Waals surface area contributed by atoms with Crippen molar-refractivity contribution >= 4 is 0 Å². The van der Waals surface area contributed by atoms with Gasteiger partial charge in [0.25, 0.3) is 0 Å². The second kappa shape index (κ2) is 9.89. The van der Waals surface area contributed by atoms with Crippen LogP contribution in [0, 0.1) is 5.92 Å². The zero-order valence-corrected chi connectivity index (χ0v) is 15.1. The third-order valence-corrected chi connectivity index (χ3v) is 4.03. The molecule has 1 nitrogen and oxygen atoms in total. The summed E-state index contributed by atoms with van der Waals surface area (Å²) in [6.45, 7) is 17.2. The zero-order valence-electron chi connectivity index (χ0n) is 15.1. The lowest BCUT2D eigenvalue weighted by molar-refractivity contribution is 0.217. The highest BCUT2D eigenvalue weighted by atomic mass is 16.5. The molecule has 0 saturated carbocycles. The van der Waals surface area contributed by atoms with Gasteiger partial charge in [-0.25, -0.2) is 0 Å². The van der Waals surface area contributed by atoms with Crippen molar-refractivity contribution in [3.05, 3.63) is 83.7 Å². The first kappa shape index (κ1) is 19.0. The first-order valence-corrected chi connectivity index (χ1v) is 8.46. The van der Waals surface area contributed by atoms with Crippen LogP contribution in [-0.4, -0.2) is 6.61 Å². The van der Waals surface area contributed by atoms with Crippen LogP contribution in [0.1, 0.15) is 40.5 Å². The molecule has 0 fully saturated rings. The number of unbranched alkanes of at least 4 members (excludes halogenated alkanes) is 1. The first-order chi connectivity index (χ1) is 11.1. The highest BCUT2D eigenvalue weighted by Gasteiger charge is 2.26. The van der Waals surface area contributed by atoms with E-state index in [0.717, 1.165) is 24.2 Å². The predicted molar refractivity (Wildman–Crippen MR) is 102 cm³/mol. The van der Waals surface area contributed by atoms with Crippen molar-refractivity contribution in [3.8, 4) is 0 Å². The molecule has 124 valence electrons. The normalized spacial score (nSPS) is 22.0. The van der Waals surface area contributed by atoms with Gasteiger partial charge in [-0.3, -0.25) is 0 Å². The Hall–Kier alpha value is -2.02. The van der Waals surface area contributed by atoms with Gasteiger partial charge in [-0.05, 0) is 37.0 Å². The maximum Gasteiger partial charge on any atom is 0.119 e. The molecule has 0 aromatic carbocycles. The number of hydrogen-bond acceptors (Lipinski definition) is 1. The van der Waals surface area contributed by atoms with Gasteiger partial charge in [-0.1, -0.05) is 76.0 Å². The molecule has 1 heteroatoms. The van der Waals surface area contributed by atoms with Crippen molar-refractivity contribution in [2.45, 2.75) is 40.5 Å². The van der Waals surface area contributed by atoms with E-state index in [1.807, 2.05) is 13.0 Å². The summed E-state index contributed by atoms with van der Waals surface area (Å²) >= 11 is 0. The van der Waals surface area contributed by atoms with Gasteiger partial charge in [0.05, 0.1) is 6.61 Å². The molecule has 0 aromatic heterocycles. The van der Waals surface area contributed by atoms with Gasteiger partial charge in [0, 0.05) is 11.5 Å². The minimum atomic E-state index is 0.315. The molecule has 1 rings (SSSR count). The molecule has 0 aliphatic heterocycles. The Balaban J connectivity index is 3.11. The average Bonchev–Trinajstić information content (AvgIpc) is 2.86. The lowest BCUT2D eigenvalue weighted by Crippen LogP contribution is -2.05. The van der Waals surface area contributed by atoms with E-state index in [4.69, 9.17) is 4.74 Å². The second-order valence-electron chi connectivity index (χ2n) is 5.65. The fourth-order valence-corrected chi connectivity index (χ4v) is 2.68. The quantitative estimate of drug-likeness (QED) is 0.284. The molecule has 23 heavy (non-hydrogen) atoms. The van der Waals surface area contributed by atoms with Crippen LogP contribution in [0.3, 0.4) is 0 Å². The monoisotopic (exact) mass is 310 g/mol. The van der Waals surface area contributed by atoms with Crippen molar-refractivity contribution in [1.29, 1.82) is 0 Å². The fraction of sp³-hybridized carbons (Fsp3) is 0.364. The Morgan fingerprint density at radius 3 is 2.65 bits per heavy atom. The number of ether oxygens (including phenoxy) is 1. The van der Waals surface area contributed by atoms with Gasteiger partial charge in [-0.15, -0.1) is 0 Å². The summed E-state index contributed by atoms with van der Waals surface area (Å²) in [6, 6.07) is 0. The van der Waals surface area contributed by atoms with E-state index in [1.54, 1.807) is 6.08 Å². The average molecular weight is 310 g/mol. The summed E-state index contributed by atoms with van der Waals surface area (Å²) in [7, 11) is 0. The van der Waals surface area contributed by atoms with Gasteiger partial charge < -0.3 is 4.74 Å². The van der Waals surface area contributed by atoms with Crippen molar-refractivity contribution < 1.29 is 4.74 Å². The first-order valence-electron chi connectivity index (χ1n) is 8.46. The van der Waals surface area contributed by atoms with Gasteiger partial charge in [0.15, 0.2) is 0 Å². The third kappa shape index (κ3) is 4.99. The summed E-state index contributed by atoms with van der Waals surface area (Å²) in [5.74, 6) is 1.05. The molecule has 1 aliphatic rings. The van der Waals surface area contributed by atoms with Gasteiger partial charge >= 0.3 is 0 Å². The largest absolute Gasteiger partial charge is 0.494 e. The van der Waals surface area contributed by atoms with Crippen LogP contribution in [0.25, 0.3) is 0 Å². The van der Waals surface area contributed by atoms with E-state index >= 15 is 0 Å². The van der Waals surface area contributed by atoms with E-state index in [0.29, 0.717) is 12.5 Å². The van der Waals surface area contributed by atoms with Crippen molar-refractivity contribution in [2.75, 3.05) is 6.61 Å². The van der Waals surface area contributed by atoms with Crippen molar-refractivity contribution in [3.63, 3.8) is 0 Å².